The highest BCUT2D eigenvalue weighted by Gasteiger charge is 2.28. The molecular formula is C11H13ClN2O2. The second kappa shape index (κ2) is 4.80. The zero-order chi connectivity index (χ0) is 11.5. The molecule has 2 atom stereocenters. The van der Waals surface area contributed by atoms with Crippen molar-refractivity contribution < 1.29 is 9.90 Å². The van der Waals surface area contributed by atoms with Crippen molar-refractivity contribution >= 4 is 17.6 Å². The number of nitrogens with one attached hydrogen (secondary N) is 1. The molecule has 0 spiro atoms. The van der Waals surface area contributed by atoms with E-state index in [1.54, 1.807) is 18.3 Å². The molecule has 86 valence electrons. The Kier molecular flexibility index (Phi) is 3.41. The minimum absolute atomic E-state index is 0.00597. The number of piperidine rings is 1. The standard InChI is InChI=1S/C11H13ClN2O2/c12-8-2-4-14-10(6-8)9-5-7(11(15)16)1-3-13-9/h2,4,6-7,9,13H,1,3,5H2,(H,15,16). The fourth-order valence-corrected chi connectivity index (χ4v) is 2.15. The molecule has 0 aromatic carbocycles. The van der Waals surface area contributed by atoms with Gasteiger partial charge in [0.1, 0.15) is 0 Å². The highest BCUT2D eigenvalue weighted by Crippen LogP contribution is 2.27. The topological polar surface area (TPSA) is 62.2 Å². The minimum Gasteiger partial charge on any atom is -0.481 e. The van der Waals surface area contributed by atoms with Gasteiger partial charge >= 0.3 is 5.97 Å². The Morgan fingerprint density at radius 1 is 1.62 bits per heavy atom. The number of carboxylic acid groups (broad SMARTS) is 1. The third kappa shape index (κ3) is 2.51. The number of carboxylic acids is 1. The van der Waals surface area contributed by atoms with Gasteiger partial charge in [-0.1, -0.05) is 11.6 Å². The van der Waals surface area contributed by atoms with Gasteiger partial charge in [0.05, 0.1) is 17.7 Å². The predicted octanol–water partition coefficient (Wildman–Crippen LogP) is 1.86. The number of hydrogen-bond donors (Lipinski definition) is 2. The molecule has 2 rings (SSSR count). The average Bonchev–Trinajstić information content (AvgIpc) is 2.29. The molecule has 0 radical (unpaired) electrons. The molecule has 2 N–H and O–H groups in total. The average molecular weight is 241 g/mol. The summed E-state index contributed by atoms with van der Waals surface area (Å²) in [6, 6.07) is 3.49. The minimum atomic E-state index is -0.728. The van der Waals surface area contributed by atoms with Crippen molar-refractivity contribution in [2.24, 2.45) is 5.92 Å². The third-order valence-electron chi connectivity index (χ3n) is 2.85. The van der Waals surface area contributed by atoms with Gasteiger partial charge in [0, 0.05) is 11.2 Å². The molecule has 1 aliphatic heterocycles. The summed E-state index contributed by atoms with van der Waals surface area (Å²) in [5.74, 6) is -1.01. The van der Waals surface area contributed by atoms with Crippen LogP contribution in [0.4, 0.5) is 0 Å². The van der Waals surface area contributed by atoms with Crippen LogP contribution in [0.5, 0.6) is 0 Å². The van der Waals surface area contributed by atoms with Crippen molar-refractivity contribution in [3.05, 3.63) is 29.0 Å². The van der Waals surface area contributed by atoms with Crippen LogP contribution < -0.4 is 5.32 Å². The van der Waals surface area contributed by atoms with Crippen molar-refractivity contribution in [3.8, 4) is 0 Å². The molecule has 0 bridgehead atoms. The molecule has 1 aromatic heterocycles. The van der Waals surface area contributed by atoms with Crippen molar-refractivity contribution in [2.45, 2.75) is 18.9 Å². The molecule has 0 aliphatic carbocycles. The molecule has 16 heavy (non-hydrogen) atoms. The molecule has 1 saturated heterocycles. The van der Waals surface area contributed by atoms with E-state index in [0.717, 1.165) is 5.69 Å². The number of rotatable bonds is 2. The van der Waals surface area contributed by atoms with E-state index in [2.05, 4.69) is 10.3 Å². The van der Waals surface area contributed by atoms with Crippen LogP contribution in [0.1, 0.15) is 24.6 Å². The van der Waals surface area contributed by atoms with Crippen LogP contribution >= 0.6 is 11.6 Å². The Labute approximate surface area is 98.6 Å². The zero-order valence-electron chi connectivity index (χ0n) is 8.69. The second-order valence-corrected chi connectivity index (χ2v) is 4.40. The van der Waals surface area contributed by atoms with Gasteiger partial charge in [0.2, 0.25) is 0 Å². The van der Waals surface area contributed by atoms with Crippen molar-refractivity contribution in [1.82, 2.24) is 10.3 Å². The van der Waals surface area contributed by atoms with Gasteiger partial charge in [0.15, 0.2) is 0 Å². The summed E-state index contributed by atoms with van der Waals surface area (Å²) in [5, 5.41) is 12.9. The monoisotopic (exact) mass is 240 g/mol. The summed E-state index contributed by atoms with van der Waals surface area (Å²) in [6.45, 7) is 0.704. The molecule has 1 fully saturated rings. The van der Waals surface area contributed by atoms with E-state index < -0.39 is 5.97 Å². The number of halogens is 1. The van der Waals surface area contributed by atoms with Gasteiger partial charge in [0.25, 0.3) is 0 Å². The number of carbonyl (C=O) groups is 1. The molecule has 5 heteroatoms. The Morgan fingerprint density at radius 3 is 3.12 bits per heavy atom. The van der Waals surface area contributed by atoms with Crippen molar-refractivity contribution in [1.29, 1.82) is 0 Å². The molecular weight excluding hydrogens is 228 g/mol. The summed E-state index contributed by atoms with van der Waals surface area (Å²) in [7, 11) is 0. The fourth-order valence-electron chi connectivity index (χ4n) is 1.98. The van der Waals surface area contributed by atoms with Gasteiger partial charge in [-0.2, -0.15) is 0 Å². The van der Waals surface area contributed by atoms with E-state index in [-0.39, 0.29) is 12.0 Å². The normalized spacial score (nSPS) is 25.3. The highest BCUT2D eigenvalue weighted by molar-refractivity contribution is 6.30. The Hall–Kier alpha value is -1.13. The number of aliphatic carboxylic acids is 1. The molecule has 0 saturated carbocycles. The van der Waals surface area contributed by atoms with Gasteiger partial charge in [-0.05, 0) is 31.5 Å². The van der Waals surface area contributed by atoms with Crippen LogP contribution in [0.3, 0.4) is 0 Å². The summed E-state index contributed by atoms with van der Waals surface area (Å²) in [4.78, 5) is 15.1. The predicted molar refractivity (Wildman–Crippen MR) is 60.4 cm³/mol. The Balaban J connectivity index is 2.12. The van der Waals surface area contributed by atoms with Crippen molar-refractivity contribution in [2.75, 3.05) is 6.54 Å². The fraction of sp³-hybridized carbons (Fsp3) is 0.455. The van der Waals surface area contributed by atoms with Crippen LogP contribution in [0.2, 0.25) is 5.02 Å². The third-order valence-corrected chi connectivity index (χ3v) is 3.09. The Morgan fingerprint density at radius 2 is 2.44 bits per heavy atom. The molecule has 1 aromatic rings. The maximum absolute atomic E-state index is 10.9. The number of nitrogens with zero attached hydrogens (tertiary/aromatic N) is 1. The van der Waals surface area contributed by atoms with Crippen LogP contribution in [0.15, 0.2) is 18.3 Å². The molecule has 4 nitrogen and oxygen atoms in total. The lowest BCUT2D eigenvalue weighted by Gasteiger charge is -2.27. The maximum atomic E-state index is 10.9. The van der Waals surface area contributed by atoms with Crippen LogP contribution in [-0.2, 0) is 4.79 Å². The number of aromatic nitrogens is 1. The molecule has 2 unspecified atom stereocenters. The smallest absolute Gasteiger partial charge is 0.306 e. The van der Waals surface area contributed by atoms with Crippen LogP contribution in [0, 0.1) is 5.92 Å². The van der Waals surface area contributed by atoms with E-state index in [1.807, 2.05) is 0 Å². The zero-order valence-corrected chi connectivity index (χ0v) is 9.44. The summed E-state index contributed by atoms with van der Waals surface area (Å²) in [5.41, 5.74) is 0.818. The first kappa shape index (κ1) is 11.4. The second-order valence-electron chi connectivity index (χ2n) is 3.97. The van der Waals surface area contributed by atoms with E-state index in [9.17, 15) is 4.79 Å². The quantitative estimate of drug-likeness (QED) is 0.828. The van der Waals surface area contributed by atoms with E-state index in [4.69, 9.17) is 16.7 Å². The van der Waals surface area contributed by atoms with Gasteiger partial charge in [-0.15, -0.1) is 0 Å². The first-order valence-electron chi connectivity index (χ1n) is 5.24. The maximum Gasteiger partial charge on any atom is 0.306 e. The van der Waals surface area contributed by atoms with Crippen LogP contribution in [-0.4, -0.2) is 22.6 Å². The van der Waals surface area contributed by atoms with Crippen LogP contribution in [0.25, 0.3) is 0 Å². The van der Waals surface area contributed by atoms with Gasteiger partial charge in [-0.3, -0.25) is 9.78 Å². The molecule has 1 aliphatic rings. The molecule has 0 amide bonds. The number of pyridine rings is 1. The SMILES string of the molecule is O=C(O)C1CCNC(c2cc(Cl)ccn2)C1. The van der Waals surface area contributed by atoms with E-state index in [1.165, 1.54) is 0 Å². The van der Waals surface area contributed by atoms with E-state index in [0.29, 0.717) is 24.4 Å². The molecule has 2 heterocycles. The van der Waals surface area contributed by atoms with Gasteiger partial charge < -0.3 is 10.4 Å². The van der Waals surface area contributed by atoms with E-state index >= 15 is 0 Å². The largest absolute Gasteiger partial charge is 0.481 e. The lowest BCUT2D eigenvalue weighted by atomic mass is 9.91. The van der Waals surface area contributed by atoms with Crippen molar-refractivity contribution in [3.63, 3.8) is 0 Å². The summed E-state index contributed by atoms with van der Waals surface area (Å²) < 4.78 is 0. The first-order valence-corrected chi connectivity index (χ1v) is 5.62. The lowest BCUT2D eigenvalue weighted by Crippen LogP contribution is -2.35. The lowest BCUT2D eigenvalue weighted by molar-refractivity contribution is -0.143. The number of hydrogen-bond acceptors (Lipinski definition) is 3. The summed E-state index contributed by atoms with van der Waals surface area (Å²) in [6.07, 6.45) is 2.89. The van der Waals surface area contributed by atoms with Gasteiger partial charge in [-0.25, -0.2) is 0 Å². The summed E-state index contributed by atoms with van der Waals surface area (Å²) >= 11 is 5.88. The highest BCUT2D eigenvalue weighted by atomic mass is 35.5. The Bertz CT molecular complexity index is 397. The first-order chi connectivity index (χ1) is 7.66.